The Bertz CT molecular complexity index is 659. The van der Waals surface area contributed by atoms with Crippen molar-refractivity contribution in [3.05, 3.63) is 42.5 Å². The van der Waals surface area contributed by atoms with Crippen LogP contribution in [-0.4, -0.2) is 56.1 Å². The van der Waals surface area contributed by atoms with Crippen molar-refractivity contribution < 1.29 is 9.53 Å². The number of imidazole rings is 1. The van der Waals surface area contributed by atoms with Crippen LogP contribution in [0.1, 0.15) is 24.2 Å². The molecule has 128 valence electrons. The Labute approximate surface area is 141 Å². The van der Waals surface area contributed by atoms with Gasteiger partial charge in [-0.3, -0.25) is 14.8 Å². The van der Waals surface area contributed by atoms with Gasteiger partial charge in [-0.2, -0.15) is 0 Å². The van der Waals surface area contributed by atoms with Gasteiger partial charge in [0.05, 0.1) is 37.0 Å². The highest BCUT2D eigenvalue weighted by atomic mass is 16.5. The van der Waals surface area contributed by atoms with E-state index < -0.39 is 0 Å². The Morgan fingerprint density at radius 2 is 2.21 bits per heavy atom. The summed E-state index contributed by atoms with van der Waals surface area (Å²) in [7, 11) is 0. The highest BCUT2D eigenvalue weighted by molar-refractivity contribution is 5.76. The van der Waals surface area contributed by atoms with Gasteiger partial charge in [0, 0.05) is 44.3 Å². The van der Waals surface area contributed by atoms with Crippen molar-refractivity contribution >= 4 is 5.91 Å². The molecule has 3 rings (SSSR count). The Morgan fingerprint density at radius 3 is 3.00 bits per heavy atom. The van der Waals surface area contributed by atoms with E-state index in [0.717, 1.165) is 24.2 Å². The number of ether oxygens (including phenoxy) is 1. The van der Waals surface area contributed by atoms with Crippen LogP contribution in [0.5, 0.6) is 0 Å². The van der Waals surface area contributed by atoms with E-state index in [1.54, 1.807) is 24.9 Å². The number of carbonyl (C=O) groups is 1. The lowest BCUT2D eigenvalue weighted by molar-refractivity contribution is -0.140. The molecule has 7 heteroatoms. The van der Waals surface area contributed by atoms with Crippen LogP contribution in [0, 0.1) is 6.92 Å². The predicted octanol–water partition coefficient (Wildman–Crippen LogP) is 1.23. The highest BCUT2D eigenvalue weighted by Crippen LogP contribution is 2.15. The smallest absolute Gasteiger partial charge is 0.224 e. The summed E-state index contributed by atoms with van der Waals surface area (Å²) in [6.45, 7) is 4.49. The minimum Gasteiger partial charge on any atom is -0.377 e. The minimum absolute atomic E-state index is 0.107. The topological polar surface area (TPSA) is 73.1 Å². The van der Waals surface area contributed by atoms with Crippen molar-refractivity contribution in [3.63, 3.8) is 0 Å². The van der Waals surface area contributed by atoms with E-state index >= 15 is 0 Å². The lowest BCUT2D eigenvalue weighted by atomic mass is 10.1. The van der Waals surface area contributed by atoms with Crippen LogP contribution >= 0.6 is 0 Å². The number of aryl methyl sites for hydroxylation is 3. The second-order valence-electron chi connectivity index (χ2n) is 5.99. The number of carbonyl (C=O) groups excluding carboxylic acids is 1. The van der Waals surface area contributed by atoms with Gasteiger partial charge in [0.1, 0.15) is 0 Å². The van der Waals surface area contributed by atoms with Crippen molar-refractivity contribution in [1.29, 1.82) is 0 Å². The summed E-state index contributed by atoms with van der Waals surface area (Å²) in [6, 6.07) is 0.107. The van der Waals surface area contributed by atoms with Crippen LogP contribution in [0.4, 0.5) is 0 Å². The first-order chi connectivity index (χ1) is 11.7. The van der Waals surface area contributed by atoms with Gasteiger partial charge in [-0.05, 0) is 19.8 Å². The molecule has 0 spiro atoms. The van der Waals surface area contributed by atoms with Crippen molar-refractivity contribution in [1.82, 2.24) is 24.4 Å². The quantitative estimate of drug-likeness (QED) is 0.797. The molecule has 1 fully saturated rings. The van der Waals surface area contributed by atoms with Crippen molar-refractivity contribution in [2.24, 2.45) is 0 Å². The monoisotopic (exact) mass is 329 g/mol. The third kappa shape index (κ3) is 4.17. The van der Waals surface area contributed by atoms with Crippen LogP contribution in [0.2, 0.25) is 0 Å². The molecular weight excluding hydrogens is 306 g/mol. The zero-order valence-corrected chi connectivity index (χ0v) is 14.0. The third-order valence-electron chi connectivity index (χ3n) is 4.39. The number of amides is 1. The molecule has 7 nitrogen and oxygen atoms in total. The van der Waals surface area contributed by atoms with E-state index in [2.05, 4.69) is 15.0 Å². The summed E-state index contributed by atoms with van der Waals surface area (Å²) >= 11 is 0. The molecule has 0 unspecified atom stereocenters. The highest BCUT2D eigenvalue weighted by Gasteiger charge is 2.27. The van der Waals surface area contributed by atoms with E-state index in [0.29, 0.717) is 32.7 Å². The van der Waals surface area contributed by atoms with Gasteiger partial charge in [-0.15, -0.1) is 0 Å². The average Bonchev–Trinajstić information content (AvgIpc) is 3.13. The molecule has 3 heterocycles. The number of hydrogen-bond acceptors (Lipinski definition) is 5. The Kier molecular flexibility index (Phi) is 5.53. The molecule has 1 saturated heterocycles. The van der Waals surface area contributed by atoms with Crippen LogP contribution in [-0.2, 0) is 22.5 Å². The normalized spacial score (nSPS) is 17.9. The lowest BCUT2D eigenvalue weighted by Crippen LogP contribution is -2.49. The minimum atomic E-state index is 0.107. The Morgan fingerprint density at radius 1 is 1.33 bits per heavy atom. The third-order valence-corrected chi connectivity index (χ3v) is 4.39. The first-order valence-corrected chi connectivity index (χ1v) is 8.33. The van der Waals surface area contributed by atoms with E-state index in [4.69, 9.17) is 4.74 Å². The fraction of sp³-hybridized carbons (Fsp3) is 0.529. The summed E-state index contributed by atoms with van der Waals surface area (Å²) < 4.78 is 7.51. The first-order valence-electron chi connectivity index (χ1n) is 8.33. The van der Waals surface area contributed by atoms with E-state index in [1.807, 2.05) is 22.6 Å². The van der Waals surface area contributed by atoms with Crippen molar-refractivity contribution in [2.45, 2.75) is 38.8 Å². The fourth-order valence-corrected chi connectivity index (χ4v) is 2.99. The first kappa shape index (κ1) is 16.6. The number of morpholine rings is 1. The van der Waals surface area contributed by atoms with Gasteiger partial charge >= 0.3 is 0 Å². The molecule has 2 aromatic heterocycles. The van der Waals surface area contributed by atoms with Crippen molar-refractivity contribution in [3.8, 4) is 0 Å². The van der Waals surface area contributed by atoms with E-state index in [1.165, 1.54) is 0 Å². The summed E-state index contributed by atoms with van der Waals surface area (Å²) in [4.78, 5) is 27.2. The lowest BCUT2D eigenvalue weighted by Gasteiger charge is -2.36. The number of aromatic nitrogens is 4. The van der Waals surface area contributed by atoms with Gasteiger partial charge in [0.25, 0.3) is 0 Å². The Balaban J connectivity index is 1.56. The fourth-order valence-electron chi connectivity index (χ4n) is 2.99. The van der Waals surface area contributed by atoms with Gasteiger partial charge < -0.3 is 14.2 Å². The van der Waals surface area contributed by atoms with E-state index in [9.17, 15) is 4.79 Å². The molecule has 0 bridgehead atoms. The summed E-state index contributed by atoms with van der Waals surface area (Å²) in [6.07, 6.45) is 10.9. The van der Waals surface area contributed by atoms with Gasteiger partial charge in [0.15, 0.2) is 0 Å². The van der Waals surface area contributed by atoms with E-state index in [-0.39, 0.29) is 11.9 Å². The summed E-state index contributed by atoms with van der Waals surface area (Å²) in [5, 5.41) is 0. The Hall–Kier alpha value is -2.28. The molecule has 0 radical (unpaired) electrons. The van der Waals surface area contributed by atoms with Gasteiger partial charge in [0.2, 0.25) is 5.91 Å². The average molecular weight is 329 g/mol. The van der Waals surface area contributed by atoms with Crippen LogP contribution in [0.25, 0.3) is 0 Å². The second-order valence-corrected chi connectivity index (χ2v) is 5.99. The van der Waals surface area contributed by atoms with Crippen LogP contribution in [0.15, 0.2) is 31.1 Å². The number of hydrogen-bond donors (Lipinski definition) is 0. The van der Waals surface area contributed by atoms with Crippen molar-refractivity contribution in [2.75, 3.05) is 19.8 Å². The number of nitrogens with zero attached hydrogens (tertiary/aromatic N) is 5. The summed E-state index contributed by atoms with van der Waals surface area (Å²) in [5.41, 5.74) is 1.95. The molecule has 0 aliphatic carbocycles. The largest absolute Gasteiger partial charge is 0.377 e. The number of rotatable bonds is 6. The molecule has 1 amide bonds. The summed E-state index contributed by atoms with van der Waals surface area (Å²) in [5.74, 6) is 0.174. The molecule has 1 atom stereocenters. The molecule has 2 aromatic rings. The molecule has 0 aromatic carbocycles. The molecule has 24 heavy (non-hydrogen) atoms. The molecule has 1 aliphatic rings. The predicted molar refractivity (Wildman–Crippen MR) is 88.3 cm³/mol. The maximum absolute atomic E-state index is 12.6. The van der Waals surface area contributed by atoms with Crippen LogP contribution < -0.4 is 0 Å². The molecule has 0 saturated carbocycles. The molecular formula is C17H23N5O2. The SMILES string of the molecule is Cc1nccnc1CC[C@@H]1COCCN1C(=O)CCn1ccnc1. The zero-order chi connectivity index (χ0) is 16.8. The van der Waals surface area contributed by atoms with Gasteiger partial charge in [-0.1, -0.05) is 0 Å². The maximum Gasteiger partial charge on any atom is 0.224 e. The van der Waals surface area contributed by atoms with Crippen LogP contribution in [0.3, 0.4) is 0 Å². The standard InChI is InChI=1S/C17H23N5O2/c1-14-16(20-6-5-19-14)3-2-15-12-24-11-10-22(15)17(23)4-8-21-9-7-18-13-21/h5-7,9,13,15H,2-4,8,10-12H2,1H3/t15-/m1/s1. The second kappa shape index (κ2) is 8.01. The molecule has 0 N–H and O–H groups in total. The van der Waals surface area contributed by atoms with Gasteiger partial charge in [-0.25, -0.2) is 4.98 Å². The zero-order valence-electron chi connectivity index (χ0n) is 14.0. The molecule has 1 aliphatic heterocycles. The maximum atomic E-state index is 12.6.